The van der Waals surface area contributed by atoms with Crippen molar-refractivity contribution < 1.29 is 43.5 Å². The molecule has 0 bridgehead atoms. The molecule has 9 nitrogen and oxygen atoms in total. The van der Waals surface area contributed by atoms with Crippen LogP contribution in [-0.2, 0) is 33.3 Å². The molecule has 0 aromatic carbocycles. The summed E-state index contributed by atoms with van der Waals surface area (Å²) in [5.74, 6) is -3.94. The highest BCUT2D eigenvalue weighted by molar-refractivity contribution is 5.90. The Hall–Kier alpha value is -1.78. The Kier molecular flexibility index (Phi) is 11.7. The molecule has 0 rings (SSSR count). The van der Waals surface area contributed by atoms with Gasteiger partial charge in [0.2, 0.25) is 0 Å². The minimum absolute atomic E-state index is 0.0571. The first kappa shape index (κ1) is 23.2. The van der Waals surface area contributed by atoms with Gasteiger partial charge in [-0.1, -0.05) is 6.58 Å². The molecule has 1 atom stereocenters. The number of aliphatic hydroxyl groups is 2. The summed E-state index contributed by atoms with van der Waals surface area (Å²) in [7, 11) is 0. The topological polar surface area (TPSA) is 121 Å². The molecule has 0 amide bonds. The summed E-state index contributed by atoms with van der Waals surface area (Å²) in [6.07, 6.45) is 0.898. The van der Waals surface area contributed by atoms with Crippen molar-refractivity contribution in [1.82, 2.24) is 0 Å². The molecule has 0 saturated heterocycles. The first-order valence-corrected chi connectivity index (χ1v) is 7.65. The van der Waals surface area contributed by atoms with E-state index in [1.54, 1.807) is 6.92 Å². The van der Waals surface area contributed by atoms with E-state index >= 15 is 0 Å². The van der Waals surface area contributed by atoms with E-state index < -0.39 is 24.5 Å². The van der Waals surface area contributed by atoms with Crippen LogP contribution in [0.25, 0.3) is 0 Å². The zero-order valence-corrected chi connectivity index (χ0v) is 14.8. The van der Waals surface area contributed by atoms with Gasteiger partial charge in [0, 0.05) is 5.57 Å². The second-order valence-electron chi connectivity index (χ2n) is 4.91. The number of aliphatic hydroxyl groups excluding tert-OH is 1. The molecule has 9 heteroatoms. The lowest BCUT2D eigenvalue weighted by molar-refractivity contribution is -0.355. The molecular weight excluding hydrogens is 336 g/mol. The Morgan fingerprint density at radius 3 is 2.32 bits per heavy atom. The summed E-state index contributed by atoms with van der Waals surface area (Å²) in [5.41, 5.74) is 0.0964. The van der Waals surface area contributed by atoms with Crippen LogP contribution in [0.1, 0.15) is 20.8 Å². The van der Waals surface area contributed by atoms with Crippen LogP contribution in [0.3, 0.4) is 0 Å². The van der Waals surface area contributed by atoms with E-state index in [-0.39, 0.29) is 44.2 Å². The predicted molar refractivity (Wildman–Crippen MR) is 86.1 cm³/mol. The van der Waals surface area contributed by atoms with Crippen LogP contribution in [0.15, 0.2) is 24.0 Å². The molecule has 144 valence electrons. The second kappa shape index (κ2) is 12.6. The summed E-state index contributed by atoms with van der Waals surface area (Å²) in [4.78, 5) is 23.2. The lowest BCUT2D eigenvalue weighted by atomic mass is 10.3. The third-order valence-corrected chi connectivity index (χ3v) is 2.53. The van der Waals surface area contributed by atoms with E-state index in [1.165, 1.54) is 13.8 Å². The largest absolute Gasteiger partial charge is 0.431 e. The van der Waals surface area contributed by atoms with Crippen molar-refractivity contribution in [3.8, 4) is 0 Å². The Morgan fingerprint density at radius 1 is 1.12 bits per heavy atom. The van der Waals surface area contributed by atoms with Gasteiger partial charge in [-0.2, -0.15) is 0 Å². The highest BCUT2D eigenvalue weighted by Gasteiger charge is 2.33. The zero-order chi connectivity index (χ0) is 19.3. The maximum absolute atomic E-state index is 11.9. The molecule has 0 aromatic rings. The fourth-order valence-electron chi connectivity index (χ4n) is 1.33. The molecule has 1 unspecified atom stereocenters. The average Bonchev–Trinajstić information content (AvgIpc) is 2.55. The third kappa shape index (κ3) is 10.6. The van der Waals surface area contributed by atoms with Gasteiger partial charge in [-0.3, -0.25) is 0 Å². The molecule has 0 aliphatic rings. The van der Waals surface area contributed by atoms with Gasteiger partial charge in [0.05, 0.1) is 38.6 Å². The van der Waals surface area contributed by atoms with Gasteiger partial charge < -0.3 is 33.9 Å². The van der Waals surface area contributed by atoms with Crippen LogP contribution in [0.5, 0.6) is 0 Å². The highest BCUT2D eigenvalue weighted by atomic mass is 16.8. The number of rotatable bonds is 13. The molecule has 0 aromatic heterocycles. The van der Waals surface area contributed by atoms with Crippen molar-refractivity contribution in [2.45, 2.75) is 26.7 Å². The van der Waals surface area contributed by atoms with Crippen LogP contribution in [-0.4, -0.2) is 67.8 Å². The molecule has 0 fully saturated rings. The molecule has 0 aliphatic heterocycles. The number of ether oxygens (including phenoxy) is 5. The van der Waals surface area contributed by atoms with Crippen LogP contribution in [0, 0.1) is 0 Å². The van der Waals surface area contributed by atoms with Gasteiger partial charge in [0.1, 0.15) is 12.9 Å². The quantitative estimate of drug-likeness (QED) is 0.156. The lowest BCUT2D eigenvalue weighted by Gasteiger charge is -2.26. The molecule has 2 N–H and O–H groups in total. The van der Waals surface area contributed by atoms with Gasteiger partial charge in [-0.25, -0.2) is 9.59 Å². The standard InChI is InChI=1S/C16H26O9/c1-5-24-16(20,11-22-9-8-21-7-6-17)25-15(19)13(4)10-23-14(18)12(2)3/h10,17,20H,2,5-9,11H2,1,3-4H3/b13-10+. The van der Waals surface area contributed by atoms with Crippen LogP contribution < -0.4 is 0 Å². The van der Waals surface area contributed by atoms with Gasteiger partial charge >= 0.3 is 17.9 Å². The van der Waals surface area contributed by atoms with Gasteiger partial charge in [0.15, 0.2) is 0 Å². The normalized spacial score (nSPS) is 13.9. The molecule has 0 saturated carbocycles. The molecule has 0 heterocycles. The maximum Gasteiger partial charge on any atom is 0.351 e. The summed E-state index contributed by atoms with van der Waals surface area (Å²) < 4.78 is 24.7. The first-order valence-electron chi connectivity index (χ1n) is 7.65. The van der Waals surface area contributed by atoms with Crippen molar-refractivity contribution in [2.24, 2.45) is 0 Å². The van der Waals surface area contributed by atoms with E-state index in [2.05, 4.69) is 6.58 Å². The van der Waals surface area contributed by atoms with Crippen molar-refractivity contribution in [2.75, 3.05) is 39.6 Å². The second-order valence-corrected chi connectivity index (χ2v) is 4.91. The summed E-state index contributed by atoms with van der Waals surface area (Å²) in [5, 5.41) is 18.7. The Morgan fingerprint density at radius 2 is 1.76 bits per heavy atom. The smallest absolute Gasteiger partial charge is 0.351 e. The van der Waals surface area contributed by atoms with E-state index in [4.69, 9.17) is 28.8 Å². The Bertz CT molecular complexity index is 472. The fraction of sp³-hybridized carbons (Fsp3) is 0.625. The van der Waals surface area contributed by atoms with Gasteiger partial charge in [-0.15, -0.1) is 0 Å². The van der Waals surface area contributed by atoms with Gasteiger partial charge in [0.25, 0.3) is 0 Å². The molecule has 0 spiro atoms. The van der Waals surface area contributed by atoms with E-state index in [1.807, 2.05) is 0 Å². The zero-order valence-electron chi connectivity index (χ0n) is 14.8. The van der Waals surface area contributed by atoms with Crippen LogP contribution >= 0.6 is 0 Å². The maximum atomic E-state index is 11.9. The first-order chi connectivity index (χ1) is 11.8. The van der Waals surface area contributed by atoms with Crippen LogP contribution in [0.2, 0.25) is 0 Å². The van der Waals surface area contributed by atoms with Crippen molar-refractivity contribution in [1.29, 1.82) is 0 Å². The van der Waals surface area contributed by atoms with Crippen molar-refractivity contribution in [3.05, 3.63) is 24.0 Å². The monoisotopic (exact) mass is 362 g/mol. The van der Waals surface area contributed by atoms with Crippen molar-refractivity contribution in [3.63, 3.8) is 0 Å². The highest BCUT2D eigenvalue weighted by Crippen LogP contribution is 2.13. The Balaban J connectivity index is 4.54. The number of carbonyl (C=O) groups is 2. The summed E-state index contributed by atoms with van der Waals surface area (Å²) >= 11 is 0. The molecule has 0 aliphatic carbocycles. The molecule has 25 heavy (non-hydrogen) atoms. The van der Waals surface area contributed by atoms with Gasteiger partial charge in [-0.05, 0) is 20.8 Å². The molecule has 0 radical (unpaired) electrons. The minimum atomic E-state index is -2.30. The average molecular weight is 362 g/mol. The fourth-order valence-corrected chi connectivity index (χ4v) is 1.33. The van der Waals surface area contributed by atoms with Crippen molar-refractivity contribution >= 4 is 11.9 Å². The number of esters is 2. The summed E-state index contributed by atoms with van der Waals surface area (Å²) in [6, 6.07) is 0. The predicted octanol–water partition coefficient (Wildman–Crippen LogP) is 0.261. The van der Waals surface area contributed by atoms with E-state index in [9.17, 15) is 14.7 Å². The number of hydrogen-bond donors (Lipinski definition) is 2. The summed E-state index contributed by atoms with van der Waals surface area (Å²) in [6.45, 7) is 7.74. The lowest BCUT2D eigenvalue weighted by Crippen LogP contribution is -2.43. The van der Waals surface area contributed by atoms with Crippen LogP contribution in [0.4, 0.5) is 0 Å². The minimum Gasteiger partial charge on any atom is -0.431 e. The SMILES string of the molecule is C=C(C)C(=O)O/C=C(\C)C(=O)OC(O)(COCCOCCO)OCC. The third-order valence-electron chi connectivity index (χ3n) is 2.53. The number of hydrogen-bond acceptors (Lipinski definition) is 9. The van der Waals surface area contributed by atoms with E-state index in [0.717, 1.165) is 6.26 Å². The number of carbonyl (C=O) groups excluding carboxylic acids is 2. The van der Waals surface area contributed by atoms with E-state index in [0.29, 0.717) is 0 Å². The Labute approximate surface area is 146 Å². The molecular formula is C16H26O9.